The van der Waals surface area contributed by atoms with E-state index in [1.165, 1.54) is 14.2 Å². The van der Waals surface area contributed by atoms with Crippen LogP contribution in [0.15, 0.2) is 30.3 Å². The summed E-state index contributed by atoms with van der Waals surface area (Å²) in [7, 11) is 2.38. The third-order valence-corrected chi connectivity index (χ3v) is 3.67. The highest BCUT2D eigenvalue weighted by Gasteiger charge is 2.33. The van der Waals surface area contributed by atoms with Gasteiger partial charge in [-0.15, -0.1) is 11.6 Å². The summed E-state index contributed by atoms with van der Waals surface area (Å²) >= 11 is 5.64. The van der Waals surface area contributed by atoms with Crippen molar-refractivity contribution in [2.24, 2.45) is 11.8 Å². The average molecular weight is 327 g/mol. The molecule has 1 aromatic rings. The third kappa shape index (κ3) is 5.15. The quantitative estimate of drug-likeness (QED) is 0.415. The Hall–Kier alpha value is -1.88. The molecule has 1 unspecified atom stereocenters. The molecule has 120 valence electrons. The summed E-state index contributed by atoms with van der Waals surface area (Å²) in [4.78, 5) is 35.5. The van der Waals surface area contributed by atoms with Gasteiger partial charge in [0.2, 0.25) is 0 Å². The molecular formula is C16H19ClO5. The molecule has 0 saturated carbocycles. The molecule has 0 amide bonds. The van der Waals surface area contributed by atoms with Crippen LogP contribution in [0.4, 0.5) is 0 Å². The number of hydrogen-bond acceptors (Lipinski definition) is 5. The predicted molar refractivity (Wildman–Crippen MR) is 81.5 cm³/mol. The molecule has 0 aliphatic heterocycles. The number of methoxy groups -OCH3 is 2. The molecule has 0 aliphatic rings. The molecule has 1 rings (SSSR count). The summed E-state index contributed by atoms with van der Waals surface area (Å²) in [5.74, 6) is -3.51. The van der Waals surface area contributed by atoms with Crippen molar-refractivity contribution in [1.29, 1.82) is 0 Å². The van der Waals surface area contributed by atoms with Crippen LogP contribution in [-0.4, -0.2) is 37.8 Å². The number of alkyl halides is 1. The summed E-state index contributed by atoms with van der Waals surface area (Å²) < 4.78 is 9.23. The van der Waals surface area contributed by atoms with Gasteiger partial charge in [0.05, 0.1) is 20.1 Å². The SMILES string of the molecule is COC(=O)C(CC(Cc1ccccc1)C(=O)CCl)C(=O)OC. The number of halogens is 1. The minimum atomic E-state index is -1.13. The molecule has 1 aromatic carbocycles. The maximum absolute atomic E-state index is 12.0. The van der Waals surface area contributed by atoms with Crippen molar-refractivity contribution in [3.05, 3.63) is 35.9 Å². The van der Waals surface area contributed by atoms with Gasteiger partial charge in [-0.3, -0.25) is 14.4 Å². The van der Waals surface area contributed by atoms with Crippen LogP contribution in [0.2, 0.25) is 0 Å². The summed E-state index contributed by atoms with van der Waals surface area (Å²) in [5.41, 5.74) is 0.930. The molecule has 0 spiro atoms. The van der Waals surface area contributed by atoms with E-state index in [0.717, 1.165) is 5.56 Å². The number of rotatable bonds is 8. The first-order valence-corrected chi connectivity index (χ1v) is 7.35. The smallest absolute Gasteiger partial charge is 0.320 e. The van der Waals surface area contributed by atoms with Crippen LogP contribution in [-0.2, 0) is 30.3 Å². The van der Waals surface area contributed by atoms with Crippen molar-refractivity contribution in [3.63, 3.8) is 0 Å². The second kappa shape index (κ2) is 9.20. The highest BCUT2D eigenvalue weighted by Crippen LogP contribution is 2.21. The van der Waals surface area contributed by atoms with E-state index in [1.807, 2.05) is 30.3 Å². The molecule has 0 aromatic heterocycles. The maximum Gasteiger partial charge on any atom is 0.320 e. The molecule has 22 heavy (non-hydrogen) atoms. The number of ether oxygens (including phenoxy) is 2. The third-order valence-electron chi connectivity index (χ3n) is 3.40. The van der Waals surface area contributed by atoms with Gasteiger partial charge in [-0.05, 0) is 18.4 Å². The van der Waals surface area contributed by atoms with Gasteiger partial charge in [-0.2, -0.15) is 0 Å². The Morgan fingerprint density at radius 1 is 1.05 bits per heavy atom. The van der Waals surface area contributed by atoms with E-state index in [1.54, 1.807) is 0 Å². The average Bonchev–Trinajstić information content (AvgIpc) is 2.57. The van der Waals surface area contributed by atoms with E-state index in [-0.39, 0.29) is 18.1 Å². The molecule has 0 radical (unpaired) electrons. The van der Waals surface area contributed by atoms with Gasteiger partial charge < -0.3 is 9.47 Å². The van der Waals surface area contributed by atoms with Crippen LogP contribution in [0.5, 0.6) is 0 Å². The topological polar surface area (TPSA) is 69.7 Å². The molecule has 1 atom stereocenters. The lowest BCUT2D eigenvalue weighted by Crippen LogP contribution is -2.32. The summed E-state index contributed by atoms with van der Waals surface area (Å²) in [6.07, 6.45) is 0.413. The molecule has 0 aliphatic carbocycles. The monoisotopic (exact) mass is 326 g/mol. The summed E-state index contributed by atoms with van der Waals surface area (Å²) in [6, 6.07) is 9.33. The number of benzene rings is 1. The highest BCUT2D eigenvalue weighted by atomic mass is 35.5. The van der Waals surface area contributed by atoms with Crippen molar-refractivity contribution in [2.75, 3.05) is 20.1 Å². The number of carbonyl (C=O) groups excluding carboxylic acids is 3. The first-order valence-electron chi connectivity index (χ1n) is 6.81. The minimum Gasteiger partial charge on any atom is -0.468 e. The Labute approximate surface area is 134 Å². The van der Waals surface area contributed by atoms with Crippen LogP contribution < -0.4 is 0 Å². The van der Waals surface area contributed by atoms with Crippen LogP contribution in [0.25, 0.3) is 0 Å². The van der Waals surface area contributed by atoms with E-state index in [2.05, 4.69) is 9.47 Å². The van der Waals surface area contributed by atoms with Crippen molar-refractivity contribution >= 4 is 29.3 Å². The molecule has 5 nitrogen and oxygen atoms in total. The van der Waals surface area contributed by atoms with Gasteiger partial charge >= 0.3 is 11.9 Å². The fourth-order valence-corrected chi connectivity index (χ4v) is 2.41. The normalized spacial score (nSPS) is 11.8. The largest absolute Gasteiger partial charge is 0.468 e. The van der Waals surface area contributed by atoms with Crippen molar-refractivity contribution < 1.29 is 23.9 Å². The highest BCUT2D eigenvalue weighted by molar-refractivity contribution is 6.28. The fourth-order valence-electron chi connectivity index (χ4n) is 2.19. The second-order valence-electron chi connectivity index (χ2n) is 4.82. The second-order valence-corrected chi connectivity index (χ2v) is 5.09. The summed E-state index contributed by atoms with van der Waals surface area (Å²) in [6.45, 7) is 0. The van der Waals surface area contributed by atoms with Gasteiger partial charge in [0.1, 0.15) is 0 Å². The molecule has 0 N–H and O–H groups in total. The molecule has 0 bridgehead atoms. The van der Waals surface area contributed by atoms with Gasteiger partial charge in [0, 0.05) is 5.92 Å². The zero-order valence-corrected chi connectivity index (χ0v) is 13.3. The van der Waals surface area contributed by atoms with Crippen LogP contribution in [0, 0.1) is 11.8 Å². The number of Topliss-reactive ketones (excluding diaryl/α,β-unsaturated/α-hetero) is 1. The van der Waals surface area contributed by atoms with Gasteiger partial charge in [-0.25, -0.2) is 0 Å². The van der Waals surface area contributed by atoms with Crippen molar-refractivity contribution in [3.8, 4) is 0 Å². The van der Waals surface area contributed by atoms with Gasteiger partial charge in [0.25, 0.3) is 0 Å². The van der Waals surface area contributed by atoms with Crippen molar-refractivity contribution in [2.45, 2.75) is 12.8 Å². The summed E-state index contributed by atoms with van der Waals surface area (Å²) in [5, 5.41) is 0. The predicted octanol–water partition coefficient (Wildman–Crippen LogP) is 2.01. The van der Waals surface area contributed by atoms with Gasteiger partial charge in [-0.1, -0.05) is 30.3 Å². The first-order chi connectivity index (χ1) is 10.5. The lowest BCUT2D eigenvalue weighted by Gasteiger charge is -2.19. The Morgan fingerprint density at radius 3 is 2.05 bits per heavy atom. The first kappa shape index (κ1) is 18.2. The molecule has 0 fully saturated rings. The zero-order valence-electron chi connectivity index (χ0n) is 12.6. The zero-order chi connectivity index (χ0) is 16.5. The Morgan fingerprint density at radius 2 is 1.59 bits per heavy atom. The van der Waals surface area contributed by atoms with E-state index in [9.17, 15) is 14.4 Å². The lowest BCUT2D eigenvalue weighted by atomic mass is 9.86. The Kier molecular flexibility index (Phi) is 7.60. The van der Waals surface area contributed by atoms with Crippen molar-refractivity contribution in [1.82, 2.24) is 0 Å². The standard InChI is InChI=1S/C16H19ClO5/c1-21-15(19)13(16(20)22-2)9-12(14(18)10-17)8-11-6-4-3-5-7-11/h3-7,12-13H,8-10H2,1-2H3. The van der Waals surface area contributed by atoms with E-state index >= 15 is 0 Å². The van der Waals surface area contributed by atoms with E-state index in [0.29, 0.717) is 6.42 Å². The fraction of sp³-hybridized carbons (Fsp3) is 0.438. The van der Waals surface area contributed by atoms with E-state index in [4.69, 9.17) is 11.6 Å². The van der Waals surface area contributed by atoms with Crippen LogP contribution in [0.3, 0.4) is 0 Å². The molecule has 6 heteroatoms. The van der Waals surface area contributed by atoms with Crippen LogP contribution in [0.1, 0.15) is 12.0 Å². The number of hydrogen-bond donors (Lipinski definition) is 0. The van der Waals surface area contributed by atoms with Gasteiger partial charge in [0.15, 0.2) is 11.7 Å². The molecular weight excluding hydrogens is 308 g/mol. The molecule has 0 saturated heterocycles. The number of esters is 2. The number of ketones is 1. The Balaban J connectivity index is 2.93. The van der Waals surface area contributed by atoms with Crippen LogP contribution >= 0.6 is 11.6 Å². The minimum absolute atomic E-state index is 0.0137. The van der Waals surface area contributed by atoms with E-state index < -0.39 is 23.8 Å². The maximum atomic E-state index is 12.0. The molecule has 0 heterocycles. The Bertz CT molecular complexity index is 499. The number of carbonyl (C=O) groups is 3. The lowest BCUT2D eigenvalue weighted by molar-refractivity contribution is -0.159.